The van der Waals surface area contributed by atoms with Crippen LogP contribution in [0.25, 0.3) is 0 Å². The first-order valence-electron chi connectivity index (χ1n) is 11.2. The summed E-state index contributed by atoms with van der Waals surface area (Å²) in [4.78, 5) is 29.4. The SMILES string of the molecule is CC(C)COC(=O)CCC1CN(c2ccccc2)C(=O)N1c1ccc2c(c1)CCNC2. The highest BCUT2D eigenvalue weighted by Gasteiger charge is 2.39. The molecule has 0 aliphatic carbocycles. The molecule has 1 saturated heterocycles. The smallest absolute Gasteiger partial charge is 0.329 e. The lowest BCUT2D eigenvalue weighted by Gasteiger charge is -2.26. The fraction of sp³-hybridized carbons (Fsp3) is 0.440. The first kappa shape index (κ1) is 21.4. The van der Waals surface area contributed by atoms with Crippen LogP contribution in [0.4, 0.5) is 16.2 Å². The fourth-order valence-corrected chi connectivity index (χ4v) is 4.25. The summed E-state index contributed by atoms with van der Waals surface area (Å²) in [6.45, 7) is 6.85. The zero-order chi connectivity index (χ0) is 21.8. The minimum absolute atomic E-state index is 0.0411. The molecule has 2 heterocycles. The Hall–Kier alpha value is -2.86. The second-order valence-electron chi connectivity index (χ2n) is 8.75. The molecule has 2 aromatic rings. The molecule has 2 amide bonds. The van der Waals surface area contributed by atoms with E-state index in [9.17, 15) is 9.59 Å². The number of nitrogens with zero attached hydrogens (tertiary/aromatic N) is 2. The van der Waals surface area contributed by atoms with Crippen molar-refractivity contribution >= 4 is 23.4 Å². The number of urea groups is 1. The Morgan fingerprint density at radius 2 is 1.94 bits per heavy atom. The highest BCUT2D eigenvalue weighted by molar-refractivity contribution is 6.07. The van der Waals surface area contributed by atoms with Crippen LogP contribution in [-0.4, -0.2) is 37.7 Å². The van der Waals surface area contributed by atoms with Crippen molar-refractivity contribution in [3.63, 3.8) is 0 Å². The van der Waals surface area contributed by atoms with Gasteiger partial charge in [0.15, 0.2) is 0 Å². The first-order valence-corrected chi connectivity index (χ1v) is 11.2. The van der Waals surface area contributed by atoms with E-state index in [1.165, 1.54) is 11.1 Å². The molecule has 4 rings (SSSR count). The van der Waals surface area contributed by atoms with E-state index in [4.69, 9.17) is 4.74 Å². The molecule has 2 aliphatic heterocycles. The average molecular weight is 422 g/mol. The van der Waals surface area contributed by atoms with Crippen LogP contribution in [0.3, 0.4) is 0 Å². The maximum Gasteiger partial charge on any atom is 0.329 e. The molecule has 0 aromatic heterocycles. The molecule has 2 aromatic carbocycles. The number of hydrogen-bond acceptors (Lipinski definition) is 4. The van der Waals surface area contributed by atoms with Crippen LogP contribution in [0, 0.1) is 5.92 Å². The second kappa shape index (κ2) is 9.52. The Balaban J connectivity index is 1.56. The van der Waals surface area contributed by atoms with Gasteiger partial charge in [-0.2, -0.15) is 0 Å². The molecule has 164 valence electrons. The van der Waals surface area contributed by atoms with E-state index >= 15 is 0 Å². The fourth-order valence-electron chi connectivity index (χ4n) is 4.25. The van der Waals surface area contributed by atoms with Crippen molar-refractivity contribution < 1.29 is 14.3 Å². The van der Waals surface area contributed by atoms with Crippen LogP contribution < -0.4 is 15.1 Å². The van der Waals surface area contributed by atoms with Crippen LogP contribution in [0.15, 0.2) is 48.5 Å². The van der Waals surface area contributed by atoms with Crippen molar-refractivity contribution in [2.24, 2.45) is 5.92 Å². The molecular formula is C25H31N3O3. The van der Waals surface area contributed by atoms with Gasteiger partial charge in [0.1, 0.15) is 0 Å². The Morgan fingerprint density at radius 3 is 2.71 bits per heavy atom. The lowest BCUT2D eigenvalue weighted by molar-refractivity contribution is -0.144. The van der Waals surface area contributed by atoms with E-state index in [-0.39, 0.29) is 18.0 Å². The summed E-state index contributed by atoms with van der Waals surface area (Å²) in [6.07, 6.45) is 1.84. The predicted molar refractivity (Wildman–Crippen MR) is 122 cm³/mol. The summed E-state index contributed by atoms with van der Waals surface area (Å²) >= 11 is 0. The van der Waals surface area contributed by atoms with Crippen LogP contribution in [0.5, 0.6) is 0 Å². The van der Waals surface area contributed by atoms with Gasteiger partial charge in [-0.15, -0.1) is 0 Å². The molecule has 0 bridgehead atoms. The summed E-state index contributed by atoms with van der Waals surface area (Å²) in [5.41, 5.74) is 4.36. The quantitative estimate of drug-likeness (QED) is 0.683. The largest absolute Gasteiger partial charge is 0.465 e. The zero-order valence-electron chi connectivity index (χ0n) is 18.3. The van der Waals surface area contributed by atoms with Gasteiger partial charge in [0.05, 0.1) is 12.6 Å². The Morgan fingerprint density at radius 1 is 1.13 bits per heavy atom. The van der Waals surface area contributed by atoms with Crippen LogP contribution in [0.2, 0.25) is 0 Å². The molecule has 2 aliphatic rings. The number of hydrogen-bond donors (Lipinski definition) is 1. The maximum absolute atomic E-state index is 13.5. The number of carbonyl (C=O) groups is 2. The van der Waals surface area contributed by atoms with Gasteiger partial charge in [-0.25, -0.2) is 4.79 Å². The zero-order valence-corrected chi connectivity index (χ0v) is 18.3. The second-order valence-corrected chi connectivity index (χ2v) is 8.75. The lowest BCUT2D eigenvalue weighted by Crippen LogP contribution is -2.36. The molecule has 0 saturated carbocycles. The van der Waals surface area contributed by atoms with Crippen molar-refractivity contribution in [1.82, 2.24) is 5.32 Å². The normalized spacial score (nSPS) is 18.4. The number of anilines is 2. The molecule has 0 radical (unpaired) electrons. The van der Waals surface area contributed by atoms with Crippen molar-refractivity contribution in [2.45, 2.75) is 45.7 Å². The van der Waals surface area contributed by atoms with E-state index < -0.39 is 0 Å². The molecule has 1 fully saturated rings. The van der Waals surface area contributed by atoms with Gasteiger partial charge in [-0.1, -0.05) is 38.1 Å². The number of amides is 2. The van der Waals surface area contributed by atoms with E-state index in [0.717, 1.165) is 30.9 Å². The van der Waals surface area contributed by atoms with Gasteiger partial charge in [0.25, 0.3) is 0 Å². The summed E-state index contributed by atoms with van der Waals surface area (Å²) in [5.74, 6) is 0.114. The number of benzene rings is 2. The number of fused-ring (bicyclic) bond motifs is 1. The first-order chi connectivity index (χ1) is 15.0. The highest BCUT2D eigenvalue weighted by atomic mass is 16.5. The van der Waals surface area contributed by atoms with Crippen LogP contribution >= 0.6 is 0 Å². The molecule has 31 heavy (non-hydrogen) atoms. The van der Waals surface area contributed by atoms with E-state index in [1.54, 1.807) is 0 Å². The summed E-state index contributed by atoms with van der Waals surface area (Å²) in [6, 6.07) is 15.9. The highest BCUT2D eigenvalue weighted by Crippen LogP contribution is 2.32. The molecule has 1 atom stereocenters. The number of rotatable bonds is 7. The number of para-hydroxylation sites is 1. The number of nitrogens with one attached hydrogen (secondary N) is 1. The van der Waals surface area contributed by atoms with Crippen molar-refractivity contribution in [3.8, 4) is 0 Å². The number of ether oxygens (including phenoxy) is 1. The minimum Gasteiger partial charge on any atom is -0.465 e. The third-order valence-corrected chi connectivity index (χ3v) is 5.88. The molecule has 6 nitrogen and oxygen atoms in total. The minimum atomic E-state index is -0.198. The van der Waals surface area contributed by atoms with Gasteiger partial charge in [0, 0.05) is 30.9 Å². The molecule has 6 heteroatoms. The van der Waals surface area contributed by atoms with E-state index in [1.807, 2.05) is 60.0 Å². The standard InChI is InChI=1S/C25H31N3O3/c1-18(2)17-31-24(29)11-10-23-16-27(21-6-4-3-5-7-21)25(30)28(23)22-9-8-20-15-26-13-12-19(20)14-22/h3-9,14,18,23,26H,10-13,15-17H2,1-2H3. The molecule has 0 spiro atoms. The number of esters is 1. The van der Waals surface area contributed by atoms with Crippen molar-refractivity contribution in [1.29, 1.82) is 0 Å². The third-order valence-electron chi connectivity index (χ3n) is 5.88. The summed E-state index contributed by atoms with van der Waals surface area (Å²) in [5, 5.41) is 3.39. The Labute approximate surface area is 184 Å². The van der Waals surface area contributed by atoms with Gasteiger partial charge in [0.2, 0.25) is 0 Å². The number of carbonyl (C=O) groups excluding carboxylic acids is 2. The Kier molecular flexibility index (Phi) is 6.56. The Bertz CT molecular complexity index is 929. The van der Waals surface area contributed by atoms with Gasteiger partial charge >= 0.3 is 12.0 Å². The molecule has 1 unspecified atom stereocenters. The van der Waals surface area contributed by atoms with Crippen LogP contribution in [-0.2, 0) is 22.5 Å². The van der Waals surface area contributed by atoms with Gasteiger partial charge in [-0.05, 0) is 60.7 Å². The van der Waals surface area contributed by atoms with Gasteiger partial charge in [-0.3, -0.25) is 14.6 Å². The van der Waals surface area contributed by atoms with E-state index in [0.29, 0.717) is 31.9 Å². The summed E-state index contributed by atoms with van der Waals surface area (Å²) < 4.78 is 5.35. The van der Waals surface area contributed by atoms with E-state index in [2.05, 4.69) is 17.4 Å². The summed E-state index contributed by atoms with van der Waals surface area (Å²) in [7, 11) is 0. The molecule has 1 N–H and O–H groups in total. The van der Waals surface area contributed by atoms with Crippen molar-refractivity contribution in [2.75, 3.05) is 29.5 Å². The monoisotopic (exact) mass is 421 g/mol. The topological polar surface area (TPSA) is 61.9 Å². The lowest BCUT2D eigenvalue weighted by atomic mass is 9.99. The molecular weight excluding hydrogens is 390 g/mol. The third kappa shape index (κ3) is 4.90. The van der Waals surface area contributed by atoms with Gasteiger partial charge < -0.3 is 10.1 Å². The van der Waals surface area contributed by atoms with Crippen LogP contribution in [0.1, 0.15) is 37.8 Å². The maximum atomic E-state index is 13.5. The van der Waals surface area contributed by atoms with Crippen molar-refractivity contribution in [3.05, 3.63) is 59.7 Å². The predicted octanol–water partition coefficient (Wildman–Crippen LogP) is 4.13. The average Bonchev–Trinajstić information content (AvgIpc) is 3.12.